The van der Waals surface area contributed by atoms with Crippen LogP contribution in [0.4, 0.5) is 10.1 Å². The van der Waals surface area contributed by atoms with Gasteiger partial charge >= 0.3 is 0 Å². The predicted octanol–water partition coefficient (Wildman–Crippen LogP) is 4.57. The highest BCUT2D eigenvalue weighted by Crippen LogP contribution is 2.25. The third-order valence-corrected chi connectivity index (χ3v) is 4.89. The summed E-state index contributed by atoms with van der Waals surface area (Å²) in [5, 5.41) is 8.12. The van der Waals surface area contributed by atoms with Gasteiger partial charge in [0.05, 0.1) is 11.6 Å². The molecule has 0 aromatic heterocycles. The molecule has 136 valence electrons. The lowest BCUT2D eigenvalue weighted by molar-refractivity contribution is 0.560. The van der Waals surface area contributed by atoms with Crippen molar-refractivity contribution < 1.29 is 4.39 Å². The van der Waals surface area contributed by atoms with Gasteiger partial charge in [0.2, 0.25) is 0 Å². The van der Waals surface area contributed by atoms with Crippen LogP contribution < -0.4 is 10.6 Å². The second-order valence-electron chi connectivity index (χ2n) is 5.99. The number of amidine groups is 2. The second-order valence-corrected chi connectivity index (χ2v) is 7.35. The maximum Gasteiger partial charge on any atom is 0.193 e. The highest BCUT2D eigenvalue weighted by Gasteiger charge is 2.18. The third-order valence-electron chi connectivity index (χ3n) is 3.81. The van der Waals surface area contributed by atoms with Crippen molar-refractivity contribution >= 4 is 39.4 Å². The molecule has 1 atom stereocenters. The maximum atomic E-state index is 13.1. The Hall–Kier alpha value is -1.89. The molecule has 0 bridgehead atoms. The number of aliphatic imine (C=N–C) groups is 2. The van der Waals surface area contributed by atoms with Gasteiger partial charge in [-0.1, -0.05) is 41.9 Å². The number of nitrogens with zero attached hydrogens (tertiary/aromatic N) is 2. The number of halogens is 2. The average Bonchev–Trinajstić information content (AvgIpc) is 2.61. The quantitative estimate of drug-likeness (QED) is 0.728. The summed E-state index contributed by atoms with van der Waals surface area (Å²) in [7, 11) is 0. The number of rotatable bonds is 7. The first kappa shape index (κ1) is 18.9. The minimum Gasteiger partial charge on any atom is -0.334 e. The number of nitrogens with one attached hydrogen (secondary N) is 2. The highest BCUT2D eigenvalue weighted by atomic mass is 35.5. The summed E-state index contributed by atoms with van der Waals surface area (Å²) >= 11 is 7.23. The Morgan fingerprint density at radius 3 is 2.73 bits per heavy atom. The van der Waals surface area contributed by atoms with Crippen LogP contribution in [0.1, 0.15) is 12.5 Å². The summed E-state index contributed by atoms with van der Waals surface area (Å²) in [5.74, 6) is -0.434. The Balaban J connectivity index is 1.39. The first-order chi connectivity index (χ1) is 12.6. The Labute approximate surface area is 162 Å². The van der Waals surface area contributed by atoms with E-state index in [0.717, 1.165) is 23.3 Å². The van der Waals surface area contributed by atoms with Gasteiger partial charge in [-0.05, 0) is 55.4 Å². The fourth-order valence-electron chi connectivity index (χ4n) is 2.39. The molecule has 1 unspecified atom stereocenters. The van der Waals surface area contributed by atoms with E-state index in [1.54, 1.807) is 6.07 Å². The van der Waals surface area contributed by atoms with Crippen LogP contribution >= 0.6 is 23.4 Å². The van der Waals surface area contributed by atoms with E-state index in [0.29, 0.717) is 12.2 Å². The zero-order valence-corrected chi connectivity index (χ0v) is 15.9. The van der Waals surface area contributed by atoms with Crippen LogP contribution in [-0.2, 0) is 6.42 Å². The van der Waals surface area contributed by atoms with Gasteiger partial charge < -0.3 is 10.6 Å². The van der Waals surface area contributed by atoms with Gasteiger partial charge in [-0.25, -0.2) is 4.39 Å². The number of hydrogen-bond donors (Lipinski definition) is 2. The number of benzene rings is 2. The fourth-order valence-corrected chi connectivity index (χ4v) is 3.18. The summed E-state index contributed by atoms with van der Waals surface area (Å²) in [4.78, 5) is 8.80. The molecule has 2 aromatic carbocycles. The Morgan fingerprint density at radius 2 is 2.00 bits per heavy atom. The van der Waals surface area contributed by atoms with E-state index in [9.17, 15) is 4.39 Å². The molecular formula is C19H20ClFN4S. The number of thioether (sulfide) groups is 1. The summed E-state index contributed by atoms with van der Waals surface area (Å²) in [6.07, 6.45) is 1.00. The summed E-state index contributed by atoms with van der Waals surface area (Å²) in [6.45, 7) is 3.71. The van der Waals surface area contributed by atoms with Crippen LogP contribution in [0.25, 0.3) is 0 Å². The lowest BCUT2D eigenvalue weighted by Crippen LogP contribution is -2.31. The van der Waals surface area contributed by atoms with Crippen LogP contribution in [0.2, 0.25) is 5.02 Å². The van der Waals surface area contributed by atoms with Crippen molar-refractivity contribution in [2.45, 2.75) is 19.4 Å². The molecule has 7 heteroatoms. The zero-order chi connectivity index (χ0) is 18.4. The molecule has 0 amide bonds. The second kappa shape index (κ2) is 9.16. The molecule has 4 nitrogen and oxygen atoms in total. The van der Waals surface area contributed by atoms with Gasteiger partial charge in [0.25, 0.3) is 0 Å². The topological polar surface area (TPSA) is 48.8 Å². The molecule has 0 saturated heterocycles. The van der Waals surface area contributed by atoms with E-state index >= 15 is 0 Å². The molecule has 2 N–H and O–H groups in total. The van der Waals surface area contributed by atoms with Crippen molar-refractivity contribution in [1.29, 1.82) is 0 Å². The zero-order valence-electron chi connectivity index (χ0n) is 14.4. The lowest BCUT2D eigenvalue weighted by atomic mass is 10.1. The van der Waals surface area contributed by atoms with E-state index < -0.39 is 5.82 Å². The largest absolute Gasteiger partial charge is 0.334 e. The van der Waals surface area contributed by atoms with Crippen molar-refractivity contribution in [3.8, 4) is 0 Å². The monoisotopic (exact) mass is 390 g/mol. The molecule has 3 rings (SSSR count). The van der Waals surface area contributed by atoms with Crippen molar-refractivity contribution in [2.24, 2.45) is 9.98 Å². The molecule has 0 aliphatic carbocycles. The molecule has 1 aliphatic rings. The molecule has 1 aliphatic heterocycles. The molecule has 0 fully saturated rings. The molecule has 2 aromatic rings. The van der Waals surface area contributed by atoms with Gasteiger partial charge in [-0.3, -0.25) is 4.99 Å². The maximum absolute atomic E-state index is 13.1. The van der Waals surface area contributed by atoms with E-state index in [-0.39, 0.29) is 11.1 Å². The van der Waals surface area contributed by atoms with Crippen LogP contribution in [0.5, 0.6) is 0 Å². The highest BCUT2D eigenvalue weighted by molar-refractivity contribution is 8.29. The van der Waals surface area contributed by atoms with Gasteiger partial charge in [0.15, 0.2) is 10.3 Å². The Morgan fingerprint density at radius 1 is 1.23 bits per heavy atom. The number of anilines is 1. The van der Waals surface area contributed by atoms with Crippen LogP contribution in [-0.4, -0.2) is 29.5 Å². The van der Waals surface area contributed by atoms with Gasteiger partial charge in [-0.2, -0.15) is 4.99 Å². The summed E-state index contributed by atoms with van der Waals surface area (Å²) < 4.78 is 13.1. The Bertz CT molecular complexity index is 810. The standard InChI is InChI=1S/C19H20ClFN4S/c1-13(22-10-9-14-5-3-2-4-6-14)12-23-18-25-19(26-18)24-15-7-8-17(21)16(20)11-15/h2-8,11,13,22H,9-10,12H2,1H3,(H,23,24,25). The molecule has 26 heavy (non-hydrogen) atoms. The first-order valence-corrected chi connectivity index (χ1v) is 9.60. The van der Waals surface area contributed by atoms with E-state index in [1.807, 2.05) is 6.07 Å². The van der Waals surface area contributed by atoms with E-state index in [1.165, 1.54) is 29.5 Å². The molecular weight excluding hydrogens is 371 g/mol. The minimum absolute atomic E-state index is 0.0872. The van der Waals surface area contributed by atoms with Crippen molar-refractivity contribution in [3.05, 3.63) is 64.9 Å². The molecule has 0 spiro atoms. The van der Waals surface area contributed by atoms with Crippen LogP contribution in [0.15, 0.2) is 58.5 Å². The van der Waals surface area contributed by atoms with Crippen LogP contribution in [0.3, 0.4) is 0 Å². The smallest absolute Gasteiger partial charge is 0.193 e. The fraction of sp³-hybridized carbons (Fsp3) is 0.263. The lowest BCUT2D eigenvalue weighted by Gasteiger charge is -2.17. The number of hydrogen-bond acceptors (Lipinski definition) is 4. The van der Waals surface area contributed by atoms with Crippen molar-refractivity contribution in [1.82, 2.24) is 5.32 Å². The molecule has 0 radical (unpaired) electrons. The van der Waals surface area contributed by atoms with E-state index in [2.05, 4.69) is 51.8 Å². The molecule has 1 heterocycles. The molecule has 0 saturated carbocycles. The third kappa shape index (κ3) is 5.56. The van der Waals surface area contributed by atoms with Crippen molar-refractivity contribution in [2.75, 3.05) is 18.4 Å². The normalized spacial score (nSPS) is 16.1. The van der Waals surface area contributed by atoms with Crippen LogP contribution in [0, 0.1) is 5.82 Å². The average molecular weight is 391 g/mol. The SMILES string of the molecule is CC(CN=C1N=C(Nc2ccc(F)c(Cl)c2)S1)NCCc1ccccc1. The van der Waals surface area contributed by atoms with E-state index in [4.69, 9.17) is 11.6 Å². The van der Waals surface area contributed by atoms with Gasteiger partial charge in [0.1, 0.15) is 5.82 Å². The first-order valence-electron chi connectivity index (χ1n) is 8.40. The van der Waals surface area contributed by atoms with Crippen molar-refractivity contribution in [3.63, 3.8) is 0 Å². The predicted molar refractivity (Wildman–Crippen MR) is 110 cm³/mol. The van der Waals surface area contributed by atoms with Gasteiger partial charge in [0, 0.05) is 11.7 Å². The summed E-state index contributed by atoms with van der Waals surface area (Å²) in [6, 6.07) is 15.2. The summed E-state index contributed by atoms with van der Waals surface area (Å²) in [5.41, 5.74) is 2.03. The minimum atomic E-state index is -0.434. The van der Waals surface area contributed by atoms with Gasteiger partial charge in [-0.15, -0.1) is 0 Å². The Kier molecular flexibility index (Phi) is 6.66.